The normalized spacial score (nSPS) is 25.1. The largest absolute Gasteiger partial charge is 0.350 e. The molecule has 118 valence electrons. The highest BCUT2D eigenvalue weighted by atomic mass is 16.2. The third-order valence-corrected chi connectivity index (χ3v) is 4.26. The number of amides is 1. The molecule has 2 unspecified atom stereocenters. The maximum absolute atomic E-state index is 11.8. The minimum absolute atomic E-state index is 0.106. The van der Waals surface area contributed by atoms with E-state index in [-0.39, 0.29) is 11.4 Å². The molecular formula is C17H34N2O. The second-order valence-corrected chi connectivity index (χ2v) is 8.45. The molecule has 0 saturated heterocycles. The van der Waals surface area contributed by atoms with Crippen LogP contribution in [0, 0.1) is 11.3 Å². The van der Waals surface area contributed by atoms with E-state index < -0.39 is 0 Å². The van der Waals surface area contributed by atoms with E-state index in [9.17, 15) is 4.79 Å². The molecule has 20 heavy (non-hydrogen) atoms. The van der Waals surface area contributed by atoms with Crippen molar-refractivity contribution in [2.75, 3.05) is 6.54 Å². The van der Waals surface area contributed by atoms with Crippen LogP contribution < -0.4 is 10.6 Å². The summed E-state index contributed by atoms with van der Waals surface area (Å²) in [5, 5.41) is 6.45. The quantitative estimate of drug-likeness (QED) is 0.778. The van der Waals surface area contributed by atoms with Gasteiger partial charge in [-0.05, 0) is 57.8 Å². The first-order valence-electron chi connectivity index (χ1n) is 8.12. The number of nitrogens with one attached hydrogen (secondary N) is 2. The lowest BCUT2D eigenvalue weighted by atomic mass is 9.76. The van der Waals surface area contributed by atoms with Crippen molar-refractivity contribution in [3.8, 4) is 0 Å². The van der Waals surface area contributed by atoms with E-state index in [1.807, 2.05) is 20.8 Å². The van der Waals surface area contributed by atoms with Gasteiger partial charge in [0.05, 0.1) is 6.54 Å². The van der Waals surface area contributed by atoms with Crippen LogP contribution in [0.3, 0.4) is 0 Å². The molecule has 2 atom stereocenters. The van der Waals surface area contributed by atoms with E-state index in [1.54, 1.807) is 0 Å². The van der Waals surface area contributed by atoms with Crippen LogP contribution in [0.5, 0.6) is 0 Å². The van der Waals surface area contributed by atoms with Crippen molar-refractivity contribution in [3.05, 3.63) is 0 Å². The summed E-state index contributed by atoms with van der Waals surface area (Å²) in [5.74, 6) is 0.923. The van der Waals surface area contributed by atoms with Gasteiger partial charge in [-0.2, -0.15) is 0 Å². The Labute approximate surface area is 125 Å². The zero-order chi connectivity index (χ0) is 15.4. The molecule has 1 aliphatic carbocycles. The van der Waals surface area contributed by atoms with Gasteiger partial charge in [0.2, 0.25) is 5.91 Å². The van der Waals surface area contributed by atoms with Crippen LogP contribution in [0.2, 0.25) is 0 Å². The van der Waals surface area contributed by atoms with Crippen LogP contribution in [0.4, 0.5) is 0 Å². The second-order valence-electron chi connectivity index (χ2n) is 8.45. The Kier molecular flexibility index (Phi) is 6.06. The van der Waals surface area contributed by atoms with E-state index in [0.717, 1.165) is 5.92 Å². The van der Waals surface area contributed by atoms with E-state index in [4.69, 9.17) is 0 Å². The van der Waals surface area contributed by atoms with Crippen molar-refractivity contribution in [3.63, 3.8) is 0 Å². The second kappa shape index (κ2) is 6.93. The molecule has 0 aliphatic heterocycles. The molecule has 0 aromatic rings. The molecule has 0 heterocycles. The predicted octanol–water partition coefficient (Wildman–Crippen LogP) is 3.49. The van der Waals surface area contributed by atoms with Gasteiger partial charge in [0.25, 0.3) is 0 Å². The van der Waals surface area contributed by atoms with Gasteiger partial charge in [0.15, 0.2) is 0 Å². The molecular weight excluding hydrogens is 248 g/mol. The molecule has 1 rings (SSSR count). The van der Waals surface area contributed by atoms with Crippen molar-refractivity contribution in [1.29, 1.82) is 0 Å². The lowest BCUT2D eigenvalue weighted by molar-refractivity contribution is -0.121. The van der Waals surface area contributed by atoms with Crippen LogP contribution in [0.15, 0.2) is 0 Å². The van der Waals surface area contributed by atoms with Crippen LogP contribution >= 0.6 is 0 Å². The molecule has 3 heteroatoms. The first-order chi connectivity index (χ1) is 9.08. The van der Waals surface area contributed by atoms with Crippen molar-refractivity contribution in [1.82, 2.24) is 10.6 Å². The zero-order valence-corrected chi connectivity index (χ0v) is 14.3. The molecule has 3 nitrogen and oxygen atoms in total. The van der Waals surface area contributed by atoms with Crippen molar-refractivity contribution in [2.24, 2.45) is 11.3 Å². The lowest BCUT2D eigenvalue weighted by Crippen LogP contribution is -2.46. The summed E-state index contributed by atoms with van der Waals surface area (Å²) in [7, 11) is 0. The number of hydrogen-bond acceptors (Lipinski definition) is 2. The van der Waals surface area contributed by atoms with Gasteiger partial charge < -0.3 is 10.6 Å². The Hall–Kier alpha value is -0.570. The SMILES string of the molecule is CC(C)(C)NC(=O)CNC1CCCC(C(C)(C)C)CC1. The number of rotatable bonds is 3. The standard InChI is InChI=1S/C17H34N2O/c1-16(2,3)13-8-7-9-14(11-10-13)18-12-15(20)19-17(4,5)6/h13-14,18H,7-12H2,1-6H3,(H,19,20). The average Bonchev–Trinajstić information content (AvgIpc) is 2.48. The smallest absolute Gasteiger partial charge is 0.234 e. The van der Waals surface area contributed by atoms with Gasteiger partial charge in [0, 0.05) is 11.6 Å². The van der Waals surface area contributed by atoms with Gasteiger partial charge >= 0.3 is 0 Å². The molecule has 0 aromatic heterocycles. The summed E-state index contributed by atoms with van der Waals surface area (Å²) in [6.07, 6.45) is 6.29. The van der Waals surface area contributed by atoms with Gasteiger partial charge in [-0.15, -0.1) is 0 Å². The fraction of sp³-hybridized carbons (Fsp3) is 0.941. The molecule has 0 radical (unpaired) electrons. The Balaban J connectivity index is 2.34. The maximum atomic E-state index is 11.8. The van der Waals surface area contributed by atoms with Gasteiger partial charge in [-0.1, -0.05) is 27.2 Å². The lowest BCUT2D eigenvalue weighted by Gasteiger charge is -2.29. The zero-order valence-electron chi connectivity index (χ0n) is 14.3. The Morgan fingerprint density at radius 3 is 2.20 bits per heavy atom. The highest BCUT2D eigenvalue weighted by Crippen LogP contribution is 2.36. The van der Waals surface area contributed by atoms with Crippen molar-refractivity contribution in [2.45, 2.75) is 85.2 Å². The first-order valence-corrected chi connectivity index (χ1v) is 8.12. The van der Waals surface area contributed by atoms with Crippen LogP contribution in [-0.4, -0.2) is 24.0 Å². The molecule has 1 aliphatic rings. The molecule has 0 spiro atoms. The average molecular weight is 282 g/mol. The highest BCUT2D eigenvalue weighted by Gasteiger charge is 2.27. The molecule has 1 saturated carbocycles. The number of hydrogen-bond donors (Lipinski definition) is 2. The fourth-order valence-electron chi connectivity index (χ4n) is 3.07. The molecule has 1 amide bonds. The third-order valence-electron chi connectivity index (χ3n) is 4.26. The van der Waals surface area contributed by atoms with Crippen LogP contribution in [-0.2, 0) is 4.79 Å². The van der Waals surface area contributed by atoms with E-state index >= 15 is 0 Å². The molecule has 0 aromatic carbocycles. The first kappa shape index (κ1) is 17.5. The van der Waals surface area contributed by atoms with E-state index in [1.165, 1.54) is 32.1 Å². The topological polar surface area (TPSA) is 41.1 Å². The summed E-state index contributed by atoms with van der Waals surface area (Å²) < 4.78 is 0. The number of carbonyl (C=O) groups excluding carboxylic acids is 1. The maximum Gasteiger partial charge on any atom is 0.234 e. The van der Waals surface area contributed by atoms with Crippen LogP contribution in [0.1, 0.15) is 73.6 Å². The number of carbonyl (C=O) groups is 1. The van der Waals surface area contributed by atoms with Crippen LogP contribution in [0.25, 0.3) is 0 Å². The monoisotopic (exact) mass is 282 g/mol. The van der Waals surface area contributed by atoms with Crippen molar-refractivity contribution >= 4 is 5.91 Å². The summed E-state index contributed by atoms with van der Waals surface area (Å²) in [5.41, 5.74) is 0.276. The van der Waals surface area contributed by atoms with E-state index in [0.29, 0.717) is 18.0 Å². The van der Waals surface area contributed by atoms with E-state index in [2.05, 4.69) is 31.4 Å². The highest BCUT2D eigenvalue weighted by molar-refractivity contribution is 5.78. The summed E-state index contributed by atoms with van der Waals surface area (Å²) in [6.45, 7) is 13.5. The Morgan fingerprint density at radius 2 is 1.65 bits per heavy atom. The molecule has 1 fully saturated rings. The predicted molar refractivity (Wildman–Crippen MR) is 85.7 cm³/mol. The fourth-order valence-corrected chi connectivity index (χ4v) is 3.07. The Bertz CT molecular complexity index is 312. The minimum Gasteiger partial charge on any atom is -0.350 e. The molecule has 0 bridgehead atoms. The third kappa shape index (κ3) is 6.74. The summed E-state index contributed by atoms with van der Waals surface area (Å²) in [6, 6.07) is 0.507. The summed E-state index contributed by atoms with van der Waals surface area (Å²) in [4.78, 5) is 11.8. The van der Waals surface area contributed by atoms with Gasteiger partial charge in [-0.3, -0.25) is 4.79 Å². The van der Waals surface area contributed by atoms with Gasteiger partial charge in [0.1, 0.15) is 0 Å². The molecule has 2 N–H and O–H groups in total. The van der Waals surface area contributed by atoms with Crippen molar-refractivity contribution < 1.29 is 4.79 Å². The Morgan fingerprint density at radius 1 is 1.00 bits per heavy atom. The van der Waals surface area contributed by atoms with Gasteiger partial charge in [-0.25, -0.2) is 0 Å². The minimum atomic E-state index is -0.139. The summed E-state index contributed by atoms with van der Waals surface area (Å²) >= 11 is 0.